The summed E-state index contributed by atoms with van der Waals surface area (Å²) >= 11 is 0. The van der Waals surface area contributed by atoms with E-state index in [0.717, 1.165) is 15.8 Å². The number of hydrogen-bond acceptors (Lipinski definition) is 4. The Labute approximate surface area is 161 Å². The number of aromatic nitrogens is 4. The highest BCUT2D eigenvalue weighted by molar-refractivity contribution is 5.90. The fraction of sp³-hybridized carbons (Fsp3) is 0.143. The first-order valence-corrected chi connectivity index (χ1v) is 8.91. The van der Waals surface area contributed by atoms with Crippen LogP contribution in [-0.2, 0) is 11.3 Å². The normalized spacial score (nSPS) is 10.9. The minimum absolute atomic E-state index is 0.184. The fourth-order valence-electron chi connectivity index (χ4n) is 2.92. The minimum Gasteiger partial charge on any atom is -0.324 e. The van der Waals surface area contributed by atoms with Gasteiger partial charge in [0, 0.05) is 11.3 Å². The van der Waals surface area contributed by atoms with E-state index in [-0.39, 0.29) is 12.5 Å². The largest absolute Gasteiger partial charge is 0.367 e. The predicted molar refractivity (Wildman–Crippen MR) is 107 cm³/mol. The maximum absolute atomic E-state index is 12.6. The molecule has 1 amide bonds. The van der Waals surface area contributed by atoms with Gasteiger partial charge in [-0.2, -0.15) is 9.61 Å². The van der Waals surface area contributed by atoms with Gasteiger partial charge in [0.2, 0.25) is 5.91 Å². The van der Waals surface area contributed by atoms with E-state index in [9.17, 15) is 9.59 Å². The number of amides is 1. The number of anilines is 1. The van der Waals surface area contributed by atoms with Gasteiger partial charge in [0.05, 0.1) is 5.69 Å². The maximum atomic E-state index is 12.6. The van der Waals surface area contributed by atoms with Gasteiger partial charge >= 0.3 is 5.69 Å². The second-order valence-electron chi connectivity index (χ2n) is 6.64. The number of carbonyl (C=O) groups is 1. The van der Waals surface area contributed by atoms with E-state index in [1.165, 1.54) is 10.1 Å². The number of fused-ring (bicyclic) bond motifs is 1. The third-order valence-corrected chi connectivity index (χ3v) is 4.59. The molecule has 4 aromatic rings. The van der Waals surface area contributed by atoms with Crippen molar-refractivity contribution in [2.45, 2.75) is 20.4 Å². The molecule has 140 valence electrons. The molecule has 0 aliphatic carbocycles. The van der Waals surface area contributed by atoms with Crippen LogP contribution in [0.25, 0.3) is 16.9 Å². The molecular weight excluding hydrogens is 354 g/mol. The van der Waals surface area contributed by atoms with E-state index >= 15 is 0 Å². The Balaban J connectivity index is 1.62. The zero-order valence-corrected chi connectivity index (χ0v) is 15.6. The van der Waals surface area contributed by atoms with Crippen LogP contribution in [0.1, 0.15) is 11.1 Å². The van der Waals surface area contributed by atoms with Gasteiger partial charge in [-0.15, -0.1) is 5.10 Å². The van der Waals surface area contributed by atoms with Crippen molar-refractivity contribution in [2.75, 3.05) is 5.32 Å². The van der Waals surface area contributed by atoms with E-state index in [1.807, 2.05) is 56.3 Å². The molecule has 0 atom stereocenters. The van der Waals surface area contributed by atoms with Gasteiger partial charge < -0.3 is 5.32 Å². The molecule has 7 heteroatoms. The summed E-state index contributed by atoms with van der Waals surface area (Å²) in [6, 6.07) is 18.6. The van der Waals surface area contributed by atoms with Gasteiger partial charge in [0.25, 0.3) is 0 Å². The molecule has 0 unspecified atom stereocenters. The van der Waals surface area contributed by atoms with Crippen molar-refractivity contribution in [3.63, 3.8) is 0 Å². The Morgan fingerprint density at radius 2 is 1.75 bits per heavy atom. The van der Waals surface area contributed by atoms with Crippen LogP contribution < -0.4 is 11.0 Å². The molecule has 28 heavy (non-hydrogen) atoms. The molecule has 1 N–H and O–H groups in total. The zero-order valence-electron chi connectivity index (χ0n) is 15.6. The number of carbonyl (C=O) groups excluding carboxylic acids is 1. The van der Waals surface area contributed by atoms with Crippen LogP contribution in [0.3, 0.4) is 0 Å². The SMILES string of the molecule is Cc1ccc(-c2ccc3nn(CC(=O)Nc4ccccc4)c(=O)n3n2)cc1C. The smallest absolute Gasteiger partial charge is 0.324 e. The van der Waals surface area contributed by atoms with Crippen LogP contribution in [-0.4, -0.2) is 25.3 Å². The van der Waals surface area contributed by atoms with E-state index in [1.54, 1.807) is 18.2 Å². The first kappa shape index (κ1) is 17.7. The molecular formula is C21H19N5O2. The van der Waals surface area contributed by atoms with E-state index in [0.29, 0.717) is 17.0 Å². The summed E-state index contributed by atoms with van der Waals surface area (Å²) in [6.07, 6.45) is 0. The minimum atomic E-state index is -0.455. The van der Waals surface area contributed by atoms with Gasteiger partial charge in [0.15, 0.2) is 5.65 Å². The molecule has 0 aliphatic rings. The van der Waals surface area contributed by atoms with Crippen molar-refractivity contribution in [3.05, 3.63) is 82.3 Å². The third-order valence-electron chi connectivity index (χ3n) is 4.59. The lowest BCUT2D eigenvalue weighted by Gasteiger charge is -2.04. The Kier molecular flexibility index (Phi) is 4.49. The standard InChI is InChI=1S/C21H19N5O2/c1-14-8-9-16(12-15(14)2)18-10-11-19-24-25(21(28)26(19)23-18)13-20(27)22-17-6-4-3-5-7-17/h3-12H,13H2,1-2H3,(H,22,27). The molecule has 2 aromatic carbocycles. The van der Waals surface area contributed by atoms with Gasteiger partial charge in [0.1, 0.15) is 6.54 Å². The molecule has 0 spiro atoms. The van der Waals surface area contributed by atoms with Crippen molar-refractivity contribution >= 4 is 17.2 Å². The quantitative estimate of drug-likeness (QED) is 0.596. The van der Waals surface area contributed by atoms with Crippen molar-refractivity contribution in [1.82, 2.24) is 19.4 Å². The molecule has 0 saturated carbocycles. The third kappa shape index (κ3) is 3.42. The molecule has 0 radical (unpaired) electrons. The zero-order chi connectivity index (χ0) is 19.7. The highest BCUT2D eigenvalue weighted by Crippen LogP contribution is 2.20. The lowest BCUT2D eigenvalue weighted by atomic mass is 10.0. The summed E-state index contributed by atoms with van der Waals surface area (Å²) in [5, 5.41) is 11.4. The average Bonchev–Trinajstić information content (AvgIpc) is 2.99. The van der Waals surface area contributed by atoms with Crippen LogP contribution in [0, 0.1) is 13.8 Å². The number of aryl methyl sites for hydroxylation is 2. The number of rotatable bonds is 4. The van der Waals surface area contributed by atoms with Crippen molar-refractivity contribution in [1.29, 1.82) is 0 Å². The highest BCUT2D eigenvalue weighted by atomic mass is 16.2. The van der Waals surface area contributed by atoms with Gasteiger partial charge in [-0.25, -0.2) is 9.48 Å². The van der Waals surface area contributed by atoms with Crippen LogP contribution in [0.4, 0.5) is 5.69 Å². The second-order valence-corrected chi connectivity index (χ2v) is 6.64. The van der Waals surface area contributed by atoms with E-state index < -0.39 is 5.69 Å². The monoisotopic (exact) mass is 373 g/mol. The maximum Gasteiger partial charge on any atom is 0.367 e. The van der Waals surface area contributed by atoms with Gasteiger partial charge in [-0.05, 0) is 55.3 Å². The van der Waals surface area contributed by atoms with E-state index in [2.05, 4.69) is 15.5 Å². The van der Waals surface area contributed by atoms with Gasteiger partial charge in [-0.1, -0.05) is 30.3 Å². The molecule has 0 fully saturated rings. The van der Waals surface area contributed by atoms with Gasteiger partial charge in [-0.3, -0.25) is 4.79 Å². The van der Waals surface area contributed by atoms with E-state index in [4.69, 9.17) is 0 Å². The first-order chi connectivity index (χ1) is 13.5. The van der Waals surface area contributed by atoms with Crippen LogP contribution >= 0.6 is 0 Å². The summed E-state index contributed by atoms with van der Waals surface area (Å²) < 4.78 is 2.34. The lowest BCUT2D eigenvalue weighted by Crippen LogP contribution is -2.28. The fourth-order valence-corrected chi connectivity index (χ4v) is 2.92. The number of benzene rings is 2. The summed E-state index contributed by atoms with van der Waals surface area (Å²) in [6.45, 7) is 3.90. The molecule has 2 heterocycles. The lowest BCUT2D eigenvalue weighted by molar-refractivity contribution is -0.117. The number of nitrogens with one attached hydrogen (secondary N) is 1. The Hall–Kier alpha value is -3.74. The van der Waals surface area contributed by atoms with Crippen molar-refractivity contribution < 1.29 is 4.79 Å². The number of para-hydroxylation sites is 1. The highest BCUT2D eigenvalue weighted by Gasteiger charge is 2.13. The topological polar surface area (TPSA) is 81.3 Å². The summed E-state index contributed by atoms with van der Waals surface area (Å²) in [5.41, 5.74) is 4.55. The van der Waals surface area contributed by atoms with Crippen molar-refractivity contribution in [2.24, 2.45) is 0 Å². The Morgan fingerprint density at radius 3 is 2.50 bits per heavy atom. The summed E-state index contributed by atoms with van der Waals surface area (Å²) in [5.74, 6) is -0.328. The summed E-state index contributed by atoms with van der Waals surface area (Å²) in [4.78, 5) is 24.9. The first-order valence-electron chi connectivity index (χ1n) is 8.91. The molecule has 4 rings (SSSR count). The molecule has 0 aliphatic heterocycles. The number of hydrogen-bond donors (Lipinski definition) is 1. The molecule has 7 nitrogen and oxygen atoms in total. The average molecular weight is 373 g/mol. The predicted octanol–water partition coefficient (Wildman–Crippen LogP) is 2.81. The van der Waals surface area contributed by atoms with Crippen LogP contribution in [0.15, 0.2) is 65.5 Å². The molecule has 2 aromatic heterocycles. The van der Waals surface area contributed by atoms with Crippen LogP contribution in [0.5, 0.6) is 0 Å². The molecule has 0 bridgehead atoms. The number of nitrogens with zero attached hydrogens (tertiary/aromatic N) is 4. The molecule has 0 saturated heterocycles. The van der Waals surface area contributed by atoms with Crippen LogP contribution in [0.2, 0.25) is 0 Å². The Morgan fingerprint density at radius 1 is 0.964 bits per heavy atom. The summed E-state index contributed by atoms with van der Waals surface area (Å²) in [7, 11) is 0. The van der Waals surface area contributed by atoms with Crippen molar-refractivity contribution in [3.8, 4) is 11.3 Å². The Bertz CT molecular complexity index is 1220. The second kappa shape index (κ2) is 7.11.